The van der Waals surface area contributed by atoms with Crippen molar-refractivity contribution in [3.8, 4) is 11.8 Å². The first-order valence-electron chi connectivity index (χ1n) is 15.2. The number of hydrogen-bond acceptors (Lipinski definition) is 7. The Balaban J connectivity index is 1.34. The zero-order chi connectivity index (χ0) is 34.4. The number of pyridine rings is 1. The summed E-state index contributed by atoms with van der Waals surface area (Å²) in [5.74, 6) is -11.8. The van der Waals surface area contributed by atoms with E-state index in [1.807, 2.05) is 6.07 Å². The third-order valence-corrected chi connectivity index (χ3v) is 10.6. The van der Waals surface area contributed by atoms with E-state index in [0.717, 1.165) is 9.80 Å². The van der Waals surface area contributed by atoms with Crippen molar-refractivity contribution in [2.75, 3.05) is 18.4 Å². The molecule has 11 nitrogen and oxygen atoms in total. The van der Waals surface area contributed by atoms with Crippen LogP contribution >= 0.6 is 11.6 Å². The lowest BCUT2D eigenvalue weighted by Crippen LogP contribution is -2.62. The summed E-state index contributed by atoms with van der Waals surface area (Å²) >= 11 is 4.51. The number of carbonyl (C=O) groups is 4. The number of ether oxygens (including phenoxy) is 1. The number of likely N-dealkylation sites (tertiary alicyclic amines) is 2. The van der Waals surface area contributed by atoms with Crippen molar-refractivity contribution in [3.63, 3.8) is 0 Å². The third-order valence-electron chi connectivity index (χ3n) is 10.3. The van der Waals surface area contributed by atoms with Crippen LogP contribution in [0, 0.1) is 40.4 Å². The van der Waals surface area contributed by atoms with Gasteiger partial charge in [-0.25, -0.2) is 9.37 Å². The number of nitriles is 1. The molecule has 2 N–H and O–H groups in total. The van der Waals surface area contributed by atoms with Gasteiger partial charge in [0, 0.05) is 19.2 Å². The lowest BCUT2D eigenvalue weighted by Gasteiger charge is -2.39. The molecule has 0 aromatic carbocycles. The van der Waals surface area contributed by atoms with Gasteiger partial charge in [-0.1, -0.05) is 20.8 Å². The number of anilines is 1. The maximum Gasteiger partial charge on any atom is 0.400 e. The van der Waals surface area contributed by atoms with Crippen LogP contribution in [0.3, 0.4) is 0 Å². The van der Waals surface area contributed by atoms with Gasteiger partial charge in [-0.15, -0.1) is 0 Å². The van der Waals surface area contributed by atoms with Gasteiger partial charge in [0.25, 0.3) is 11.8 Å². The number of nitrogens with one attached hydrogen (secondary N) is 2. The SMILES string of the molecule is CC(C)(C)C(NC(=O)C(F)(F)C(F)(F)Cl)C(=O)N1CC2C3CC(F)C(C3)C2C1C(=O)N1CC2(CC1C#N)Oc1cccnc1NC2=O. The molecule has 1 spiro atoms. The number of amides is 4. The van der Waals surface area contributed by atoms with Crippen LogP contribution in [-0.4, -0.2) is 92.7 Å². The molecule has 0 radical (unpaired) electrons. The van der Waals surface area contributed by atoms with E-state index in [4.69, 9.17) is 4.74 Å². The van der Waals surface area contributed by atoms with Gasteiger partial charge in [0.1, 0.15) is 24.3 Å². The molecule has 254 valence electrons. The van der Waals surface area contributed by atoms with Crippen LogP contribution in [0.15, 0.2) is 18.3 Å². The van der Waals surface area contributed by atoms with E-state index < -0.39 is 88.6 Å². The second-order valence-corrected chi connectivity index (χ2v) is 14.6. The van der Waals surface area contributed by atoms with Crippen LogP contribution in [0.4, 0.5) is 27.8 Å². The van der Waals surface area contributed by atoms with Crippen molar-refractivity contribution >= 4 is 41.0 Å². The second kappa shape index (κ2) is 10.9. The first kappa shape index (κ1) is 33.2. The van der Waals surface area contributed by atoms with E-state index in [1.54, 1.807) is 17.4 Å². The molecule has 5 aliphatic rings. The Morgan fingerprint density at radius 2 is 1.89 bits per heavy atom. The summed E-state index contributed by atoms with van der Waals surface area (Å²) in [6.07, 6.45) is 0.598. The molecule has 17 heteroatoms. The van der Waals surface area contributed by atoms with Crippen molar-refractivity contribution in [3.05, 3.63) is 18.3 Å². The van der Waals surface area contributed by atoms with Gasteiger partial charge in [-0.2, -0.15) is 22.8 Å². The maximum absolute atomic E-state index is 15.2. The van der Waals surface area contributed by atoms with Gasteiger partial charge < -0.3 is 25.2 Å². The Bertz CT molecular complexity index is 1560. The topological polar surface area (TPSA) is 145 Å². The molecule has 9 unspecified atom stereocenters. The summed E-state index contributed by atoms with van der Waals surface area (Å²) in [5.41, 5.74) is -3.02. The summed E-state index contributed by atoms with van der Waals surface area (Å²) in [5, 5.41) is 9.19. The van der Waals surface area contributed by atoms with Gasteiger partial charge >= 0.3 is 11.3 Å². The van der Waals surface area contributed by atoms with Crippen LogP contribution in [-0.2, 0) is 19.2 Å². The molecule has 1 aromatic rings. The number of nitrogens with zero attached hydrogens (tertiary/aromatic N) is 4. The lowest BCUT2D eigenvalue weighted by atomic mass is 9.77. The smallest absolute Gasteiger partial charge is 0.400 e. The van der Waals surface area contributed by atoms with E-state index in [0.29, 0.717) is 6.42 Å². The average Bonchev–Trinajstić information content (AvgIpc) is 3.74. The van der Waals surface area contributed by atoms with Crippen LogP contribution < -0.4 is 15.4 Å². The Morgan fingerprint density at radius 1 is 1.19 bits per heavy atom. The molecule has 2 saturated carbocycles. The Labute approximate surface area is 271 Å². The van der Waals surface area contributed by atoms with Gasteiger partial charge in [-0.3, -0.25) is 19.2 Å². The number of rotatable bonds is 5. The van der Waals surface area contributed by atoms with Crippen molar-refractivity contribution < 1.29 is 45.9 Å². The van der Waals surface area contributed by atoms with Crippen molar-refractivity contribution in [1.82, 2.24) is 20.1 Å². The highest BCUT2D eigenvalue weighted by atomic mass is 35.5. The van der Waals surface area contributed by atoms with Crippen molar-refractivity contribution in [1.29, 1.82) is 5.26 Å². The average molecular weight is 687 g/mol. The minimum absolute atomic E-state index is 0.0927. The molecule has 9 atom stereocenters. The third kappa shape index (κ3) is 5.16. The summed E-state index contributed by atoms with van der Waals surface area (Å²) < 4.78 is 76.6. The molecule has 2 bridgehead atoms. The number of halogens is 6. The van der Waals surface area contributed by atoms with Crippen LogP contribution in [0.25, 0.3) is 0 Å². The van der Waals surface area contributed by atoms with E-state index in [-0.39, 0.29) is 42.8 Å². The van der Waals surface area contributed by atoms with Crippen LogP contribution in [0.2, 0.25) is 0 Å². The van der Waals surface area contributed by atoms with E-state index >= 15 is 4.39 Å². The minimum atomic E-state index is -5.38. The quantitative estimate of drug-likeness (QED) is 0.358. The summed E-state index contributed by atoms with van der Waals surface area (Å²) in [6, 6.07) is 0.705. The molecule has 4 amide bonds. The van der Waals surface area contributed by atoms with Gasteiger partial charge in [0.05, 0.1) is 12.6 Å². The van der Waals surface area contributed by atoms with Gasteiger partial charge in [0.2, 0.25) is 17.4 Å². The second-order valence-electron chi connectivity index (χ2n) is 14.1. The van der Waals surface area contributed by atoms with E-state index in [9.17, 15) is 42.0 Å². The molecular weight excluding hydrogens is 655 g/mol. The first-order chi connectivity index (χ1) is 21.8. The Morgan fingerprint density at radius 3 is 2.53 bits per heavy atom. The number of fused-ring (bicyclic) bond motifs is 6. The molecule has 2 aliphatic carbocycles. The van der Waals surface area contributed by atoms with Crippen LogP contribution in [0.1, 0.15) is 40.0 Å². The molecule has 4 fully saturated rings. The van der Waals surface area contributed by atoms with E-state index in [1.165, 1.54) is 27.0 Å². The summed E-state index contributed by atoms with van der Waals surface area (Å²) in [6.45, 7) is 3.73. The number of hydrogen-bond donors (Lipinski definition) is 2. The largest absolute Gasteiger partial charge is 0.472 e. The zero-order valence-electron chi connectivity index (χ0n) is 25.5. The fourth-order valence-electron chi connectivity index (χ4n) is 8.09. The predicted octanol–water partition coefficient (Wildman–Crippen LogP) is 3.09. The maximum atomic E-state index is 15.2. The summed E-state index contributed by atoms with van der Waals surface area (Å²) in [7, 11) is 0. The highest BCUT2D eigenvalue weighted by Gasteiger charge is 2.66. The highest BCUT2D eigenvalue weighted by molar-refractivity contribution is 6.24. The molecule has 4 heterocycles. The molecular formula is C30H32ClF5N6O5. The van der Waals surface area contributed by atoms with Crippen LogP contribution in [0.5, 0.6) is 5.75 Å². The number of alkyl halides is 6. The number of carbonyl (C=O) groups excluding carboxylic acids is 4. The van der Waals surface area contributed by atoms with Crippen molar-refractivity contribution in [2.24, 2.45) is 29.1 Å². The first-order valence-corrected chi connectivity index (χ1v) is 15.5. The van der Waals surface area contributed by atoms with Gasteiger partial charge in [0.15, 0.2) is 11.6 Å². The normalized spacial score (nSPS) is 33.5. The number of aromatic nitrogens is 1. The molecule has 3 aliphatic heterocycles. The molecule has 2 saturated heterocycles. The zero-order valence-corrected chi connectivity index (χ0v) is 26.2. The molecule has 1 aromatic heterocycles. The Hall–Kier alpha value is -3.74. The molecule has 47 heavy (non-hydrogen) atoms. The monoisotopic (exact) mass is 686 g/mol. The highest BCUT2D eigenvalue weighted by Crippen LogP contribution is 2.59. The van der Waals surface area contributed by atoms with Gasteiger partial charge in [-0.05, 0) is 65.7 Å². The van der Waals surface area contributed by atoms with E-state index in [2.05, 4.69) is 21.9 Å². The fraction of sp³-hybridized carbons (Fsp3) is 0.667. The van der Waals surface area contributed by atoms with Crippen molar-refractivity contribution in [2.45, 2.75) is 81.2 Å². The standard InChI is InChI=1S/C30H32ClF5N6O5/c1-27(2,3)21(39-26(46)29(33,34)30(31,35)36)24(44)41-11-16-13-7-15(17(32)8-13)19(16)20(41)23(43)42-12-28(9-14(42)10-37)25(45)40-22-18(47-28)5-4-6-38-22/h4-6,13-17,19-21H,7-9,11-12H2,1-3H3,(H,39,46)(H,38,40,45). The summed E-state index contributed by atoms with van der Waals surface area (Å²) in [4.78, 5) is 60.8. The fourth-order valence-corrected chi connectivity index (χ4v) is 8.17. The predicted molar refractivity (Wildman–Crippen MR) is 153 cm³/mol. The Kier molecular flexibility index (Phi) is 7.69. The molecule has 6 rings (SSSR count). The lowest BCUT2D eigenvalue weighted by molar-refractivity contribution is -0.183. The minimum Gasteiger partial charge on any atom is -0.472 e.